The summed E-state index contributed by atoms with van der Waals surface area (Å²) in [4.78, 5) is 3.18. The molecule has 0 atom stereocenters. The monoisotopic (exact) mass is 332 g/mol. The molecule has 2 aromatic rings. The Morgan fingerprint density at radius 1 is 1.30 bits per heavy atom. The van der Waals surface area contributed by atoms with Gasteiger partial charge < -0.3 is 14.3 Å². The first-order chi connectivity index (χ1) is 9.34. The van der Waals surface area contributed by atoms with Crippen molar-refractivity contribution in [2.75, 3.05) is 13.7 Å². The van der Waals surface area contributed by atoms with Gasteiger partial charge in [-0.3, -0.25) is 0 Å². The van der Waals surface area contributed by atoms with Crippen LogP contribution in [0.1, 0.15) is 20.3 Å². The van der Waals surface area contributed by atoms with Crippen LogP contribution in [0, 0.1) is 10.2 Å². The second kappa shape index (κ2) is 6.06. The fourth-order valence-corrected chi connectivity index (χ4v) is 2.79. The lowest BCUT2D eigenvalue weighted by atomic mass is 9.89. The van der Waals surface area contributed by atoms with Crippen LogP contribution in [0.25, 0.3) is 11.0 Å². The lowest BCUT2D eigenvalue weighted by molar-refractivity contribution is 0.143. The molecule has 0 radical (unpaired) electrons. The quantitative estimate of drug-likeness (QED) is 0.775. The van der Waals surface area contributed by atoms with E-state index in [1.807, 2.05) is 12.1 Å². The minimum absolute atomic E-state index is 0.0788. The summed E-state index contributed by atoms with van der Waals surface area (Å²) >= 11 is 17.6. The van der Waals surface area contributed by atoms with Gasteiger partial charge in [-0.1, -0.05) is 37.0 Å². The number of aromatic nitrogens is 2. The zero-order valence-corrected chi connectivity index (χ0v) is 14.1. The summed E-state index contributed by atoms with van der Waals surface area (Å²) in [5, 5.41) is 1.07. The molecular weight excluding hydrogens is 315 g/mol. The first-order valence-corrected chi connectivity index (χ1v) is 7.57. The topological polar surface area (TPSA) is 29.9 Å². The van der Waals surface area contributed by atoms with Crippen LogP contribution in [0.3, 0.4) is 0 Å². The number of H-pyrrole nitrogens is 1. The molecule has 20 heavy (non-hydrogen) atoms. The summed E-state index contributed by atoms with van der Waals surface area (Å²) in [5.74, 6) is 0. The maximum absolute atomic E-state index is 6.11. The molecule has 1 N–H and O–H groups in total. The molecule has 0 aliphatic heterocycles. The number of nitrogens with one attached hydrogen (secondary N) is 1. The largest absolute Gasteiger partial charge is 0.385 e. The van der Waals surface area contributed by atoms with Crippen molar-refractivity contribution < 1.29 is 4.74 Å². The predicted octanol–water partition coefficient (Wildman–Crippen LogP) is 5.07. The van der Waals surface area contributed by atoms with Crippen LogP contribution in [0.5, 0.6) is 0 Å². The molecular formula is C14H18Cl2N2OS. The Balaban J connectivity index is 2.41. The van der Waals surface area contributed by atoms with Gasteiger partial charge in [-0.05, 0) is 36.2 Å². The highest BCUT2D eigenvalue weighted by atomic mass is 35.5. The molecule has 110 valence electrons. The van der Waals surface area contributed by atoms with Crippen LogP contribution in [-0.2, 0) is 11.3 Å². The average molecular weight is 333 g/mol. The SMILES string of the molecule is COCCC(C)(C)Cn1c(=S)[nH]c2cc(Cl)c(Cl)cc21. The molecule has 0 saturated heterocycles. The van der Waals surface area contributed by atoms with E-state index < -0.39 is 0 Å². The number of methoxy groups -OCH3 is 1. The summed E-state index contributed by atoms with van der Waals surface area (Å²) in [7, 11) is 1.72. The van der Waals surface area contributed by atoms with Gasteiger partial charge in [0.05, 0.1) is 21.1 Å². The van der Waals surface area contributed by atoms with E-state index in [1.165, 1.54) is 0 Å². The molecule has 0 saturated carbocycles. The number of fused-ring (bicyclic) bond motifs is 1. The zero-order chi connectivity index (χ0) is 14.9. The van der Waals surface area contributed by atoms with Gasteiger partial charge in [-0.2, -0.15) is 0 Å². The number of halogens is 2. The summed E-state index contributed by atoms with van der Waals surface area (Å²) in [6.07, 6.45) is 0.958. The van der Waals surface area contributed by atoms with Gasteiger partial charge in [0.2, 0.25) is 0 Å². The number of nitrogens with zero attached hydrogens (tertiary/aromatic N) is 1. The van der Waals surface area contributed by atoms with Gasteiger partial charge in [0.1, 0.15) is 0 Å². The van der Waals surface area contributed by atoms with Crippen molar-refractivity contribution in [3.05, 3.63) is 26.9 Å². The van der Waals surface area contributed by atoms with E-state index in [2.05, 4.69) is 23.4 Å². The molecule has 1 heterocycles. The van der Waals surface area contributed by atoms with Crippen LogP contribution in [0.15, 0.2) is 12.1 Å². The van der Waals surface area contributed by atoms with Crippen molar-refractivity contribution in [1.82, 2.24) is 9.55 Å². The fourth-order valence-electron chi connectivity index (χ4n) is 2.19. The Morgan fingerprint density at radius 2 is 1.95 bits per heavy atom. The smallest absolute Gasteiger partial charge is 0.178 e. The number of ether oxygens (including phenoxy) is 1. The Kier molecular flexibility index (Phi) is 4.80. The molecule has 0 unspecified atom stereocenters. The highest BCUT2D eigenvalue weighted by Gasteiger charge is 2.20. The molecule has 0 fully saturated rings. The third-order valence-electron chi connectivity index (χ3n) is 3.39. The Labute approximate surface area is 133 Å². The second-order valence-electron chi connectivity index (χ2n) is 5.71. The second-order valence-corrected chi connectivity index (χ2v) is 6.91. The van der Waals surface area contributed by atoms with Crippen LogP contribution < -0.4 is 0 Å². The molecule has 0 aliphatic carbocycles. The molecule has 0 spiro atoms. The van der Waals surface area contributed by atoms with Crippen LogP contribution in [0.2, 0.25) is 10.0 Å². The summed E-state index contributed by atoms with van der Waals surface area (Å²) in [5.41, 5.74) is 1.97. The van der Waals surface area contributed by atoms with E-state index in [9.17, 15) is 0 Å². The van der Waals surface area contributed by atoms with E-state index in [1.54, 1.807) is 7.11 Å². The normalized spacial score (nSPS) is 12.2. The first-order valence-electron chi connectivity index (χ1n) is 6.40. The van der Waals surface area contributed by atoms with Crippen molar-refractivity contribution in [2.45, 2.75) is 26.8 Å². The van der Waals surface area contributed by atoms with E-state index in [-0.39, 0.29) is 5.41 Å². The molecule has 1 aromatic heterocycles. The summed E-state index contributed by atoms with van der Waals surface area (Å²) in [6.45, 7) is 5.93. The number of hydrogen-bond acceptors (Lipinski definition) is 2. The first kappa shape index (κ1) is 15.8. The zero-order valence-electron chi connectivity index (χ0n) is 11.8. The molecule has 0 amide bonds. The average Bonchev–Trinajstić information content (AvgIpc) is 2.64. The fraction of sp³-hybridized carbons (Fsp3) is 0.500. The number of hydrogen-bond donors (Lipinski definition) is 1. The molecule has 0 aliphatic rings. The minimum atomic E-state index is 0.0788. The van der Waals surface area contributed by atoms with Crippen molar-refractivity contribution in [1.29, 1.82) is 0 Å². The van der Waals surface area contributed by atoms with Crippen LogP contribution >= 0.6 is 35.4 Å². The summed E-state index contributed by atoms with van der Waals surface area (Å²) < 4.78 is 7.92. The molecule has 0 bridgehead atoms. The van der Waals surface area contributed by atoms with Crippen molar-refractivity contribution in [2.24, 2.45) is 5.41 Å². The van der Waals surface area contributed by atoms with Crippen LogP contribution in [-0.4, -0.2) is 23.3 Å². The van der Waals surface area contributed by atoms with Crippen molar-refractivity contribution in [3.8, 4) is 0 Å². The lowest BCUT2D eigenvalue weighted by Crippen LogP contribution is -2.21. The number of benzene rings is 1. The Morgan fingerprint density at radius 3 is 2.60 bits per heavy atom. The third-order valence-corrected chi connectivity index (χ3v) is 4.43. The predicted molar refractivity (Wildman–Crippen MR) is 87.4 cm³/mol. The number of imidazole rings is 1. The van der Waals surface area contributed by atoms with Crippen molar-refractivity contribution >= 4 is 46.5 Å². The molecule has 3 nitrogen and oxygen atoms in total. The van der Waals surface area contributed by atoms with Gasteiger partial charge in [0, 0.05) is 20.3 Å². The van der Waals surface area contributed by atoms with Gasteiger partial charge in [0.25, 0.3) is 0 Å². The highest BCUT2D eigenvalue weighted by Crippen LogP contribution is 2.30. The number of aromatic amines is 1. The Hall–Kier alpha value is -0.550. The van der Waals surface area contributed by atoms with E-state index in [0.717, 1.165) is 30.6 Å². The lowest BCUT2D eigenvalue weighted by Gasteiger charge is -2.25. The van der Waals surface area contributed by atoms with Gasteiger partial charge in [0.15, 0.2) is 4.77 Å². The molecule has 2 rings (SSSR count). The van der Waals surface area contributed by atoms with Gasteiger partial charge >= 0.3 is 0 Å². The van der Waals surface area contributed by atoms with Gasteiger partial charge in [-0.25, -0.2) is 0 Å². The van der Waals surface area contributed by atoms with E-state index >= 15 is 0 Å². The highest BCUT2D eigenvalue weighted by molar-refractivity contribution is 7.71. The summed E-state index contributed by atoms with van der Waals surface area (Å²) in [6, 6.07) is 3.67. The minimum Gasteiger partial charge on any atom is -0.385 e. The number of rotatable bonds is 5. The molecule has 6 heteroatoms. The Bertz CT molecular complexity index is 676. The van der Waals surface area contributed by atoms with E-state index in [0.29, 0.717) is 14.8 Å². The third kappa shape index (κ3) is 3.37. The van der Waals surface area contributed by atoms with E-state index in [4.69, 9.17) is 40.2 Å². The molecule has 1 aromatic carbocycles. The maximum Gasteiger partial charge on any atom is 0.178 e. The maximum atomic E-state index is 6.11. The van der Waals surface area contributed by atoms with Crippen molar-refractivity contribution in [3.63, 3.8) is 0 Å². The van der Waals surface area contributed by atoms with Crippen LogP contribution in [0.4, 0.5) is 0 Å². The van der Waals surface area contributed by atoms with Gasteiger partial charge in [-0.15, -0.1) is 0 Å². The standard InChI is InChI=1S/C14H18Cl2N2OS/c1-14(2,4-5-19-3)8-18-12-7-10(16)9(15)6-11(12)17-13(18)20/h6-7H,4-5,8H2,1-3H3,(H,17,20).